The lowest BCUT2D eigenvalue weighted by Crippen LogP contribution is -2.70. The van der Waals surface area contributed by atoms with Crippen LogP contribution in [0.5, 0.6) is 0 Å². The second-order valence-electron chi connectivity index (χ2n) is 12.3. The maximum Gasteiger partial charge on any atom is 0.182 e. The van der Waals surface area contributed by atoms with Crippen molar-refractivity contribution in [3.05, 3.63) is 79.1 Å². The Morgan fingerprint density at radius 3 is 2.62 bits per heavy atom. The third-order valence-corrected chi connectivity index (χ3v) is 8.61. The average molecular weight is 525 g/mol. The zero-order valence-corrected chi connectivity index (χ0v) is 22.5. The van der Waals surface area contributed by atoms with Crippen LogP contribution in [0.25, 0.3) is 22.3 Å². The predicted octanol–water partition coefficient (Wildman–Crippen LogP) is 5.51. The topological polar surface area (TPSA) is 87.6 Å². The Morgan fingerprint density at radius 2 is 1.85 bits per heavy atom. The molecule has 2 bridgehead atoms. The molecule has 3 saturated carbocycles. The largest absolute Gasteiger partial charge is 0.357 e. The van der Waals surface area contributed by atoms with Gasteiger partial charge >= 0.3 is 0 Å². The van der Waals surface area contributed by atoms with Gasteiger partial charge in [-0.25, -0.2) is 14.1 Å². The van der Waals surface area contributed by atoms with Gasteiger partial charge in [0.1, 0.15) is 12.0 Å². The lowest BCUT2D eigenvalue weighted by atomic mass is 9.40. The van der Waals surface area contributed by atoms with Crippen molar-refractivity contribution in [3.8, 4) is 11.4 Å². The van der Waals surface area contributed by atoms with Crippen LogP contribution in [0.3, 0.4) is 0 Å². The smallest absolute Gasteiger partial charge is 0.182 e. The van der Waals surface area contributed by atoms with Crippen LogP contribution >= 0.6 is 0 Å². The number of alkyl halides is 1. The number of aromatic nitrogens is 6. The normalized spacial score (nSPS) is 25.5. The van der Waals surface area contributed by atoms with Crippen LogP contribution in [0, 0.1) is 10.8 Å². The standard InChI is InChI=1S/C30H33FN8/c1-20(29-16-30(31,17-29)18-29)33-13-23-8-21-12-34-24(10-26(21)36-23)15-39-19-35-27(37-39)22-9-25(14-32-11-22)38-6-4-28(2,3)5-7-38/h4-12,14,19-20,33,36H,13,15-18H2,1-3H3. The molecule has 4 aromatic rings. The fourth-order valence-electron chi connectivity index (χ4n) is 6.17. The van der Waals surface area contributed by atoms with E-state index < -0.39 is 5.67 Å². The molecule has 5 heterocycles. The first-order valence-corrected chi connectivity index (χ1v) is 13.6. The summed E-state index contributed by atoms with van der Waals surface area (Å²) >= 11 is 0. The highest BCUT2D eigenvalue weighted by atomic mass is 19.1. The number of fused-ring (bicyclic) bond motifs is 1. The highest BCUT2D eigenvalue weighted by Gasteiger charge is 2.70. The van der Waals surface area contributed by atoms with Gasteiger partial charge in [-0.05, 0) is 49.8 Å². The molecule has 1 atom stereocenters. The van der Waals surface area contributed by atoms with Gasteiger partial charge in [0.2, 0.25) is 0 Å². The number of pyridine rings is 2. The Balaban J connectivity index is 1.01. The number of allylic oxidation sites excluding steroid dienone is 2. The van der Waals surface area contributed by atoms with Crippen LogP contribution in [0.15, 0.2) is 67.7 Å². The van der Waals surface area contributed by atoms with E-state index in [4.69, 9.17) is 0 Å². The van der Waals surface area contributed by atoms with E-state index in [0.29, 0.717) is 37.7 Å². The number of rotatable bonds is 8. The molecule has 39 heavy (non-hydrogen) atoms. The van der Waals surface area contributed by atoms with E-state index in [2.05, 4.69) is 87.8 Å². The lowest BCUT2D eigenvalue weighted by Gasteiger charge is -2.68. The van der Waals surface area contributed by atoms with Crippen molar-refractivity contribution in [2.75, 3.05) is 4.90 Å². The maximum absolute atomic E-state index is 13.9. The van der Waals surface area contributed by atoms with Gasteiger partial charge in [0, 0.05) is 65.0 Å². The van der Waals surface area contributed by atoms with E-state index in [1.807, 2.05) is 23.4 Å². The second-order valence-corrected chi connectivity index (χ2v) is 12.3. The van der Waals surface area contributed by atoms with Crippen LogP contribution in [-0.4, -0.2) is 41.4 Å². The highest BCUT2D eigenvalue weighted by Crippen LogP contribution is 2.70. The number of hydrogen-bond acceptors (Lipinski definition) is 6. The molecule has 3 aliphatic carbocycles. The van der Waals surface area contributed by atoms with Crippen molar-refractivity contribution in [2.24, 2.45) is 10.8 Å². The highest BCUT2D eigenvalue weighted by molar-refractivity contribution is 5.79. The van der Waals surface area contributed by atoms with Crippen LogP contribution in [0.1, 0.15) is 51.4 Å². The Labute approximate surface area is 227 Å². The SMILES string of the molecule is CC(NCc1cc2cnc(Cn3cnc(-c4cncc(N5C=CC(C)(C)C=C5)c4)n3)cc2[nH]1)C12CC(F)(C1)C2. The monoisotopic (exact) mass is 524 g/mol. The number of anilines is 1. The van der Waals surface area contributed by atoms with Gasteiger partial charge in [-0.1, -0.05) is 26.0 Å². The maximum atomic E-state index is 13.9. The Kier molecular flexibility index (Phi) is 5.32. The molecule has 2 N–H and O–H groups in total. The van der Waals surface area contributed by atoms with Crippen LogP contribution in [0.2, 0.25) is 0 Å². The molecule has 9 heteroatoms. The molecular weight excluding hydrogens is 491 g/mol. The fraction of sp³-hybridized carbons (Fsp3) is 0.400. The minimum absolute atomic E-state index is 0.0485. The molecule has 3 fully saturated rings. The summed E-state index contributed by atoms with van der Waals surface area (Å²) < 4.78 is 15.7. The van der Waals surface area contributed by atoms with Crippen molar-refractivity contribution in [1.82, 2.24) is 35.0 Å². The van der Waals surface area contributed by atoms with Crippen molar-refractivity contribution in [3.63, 3.8) is 0 Å². The molecular formula is C30H33FN8. The molecule has 0 saturated heterocycles. The van der Waals surface area contributed by atoms with Gasteiger partial charge in [-0.15, -0.1) is 0 Å². The third-order valence-electron chi connectivity index (χ3n) is 8.61. The van der Waals surface area contributed by atoms with Crippen molar-refractivity contribution < 1.29 is 4.39 Å². The number of nitrogens with zero attached hydrogens (tertiary/aromatic N) is 6. The van der Waals surface area contributed by atoms with Gasteiger partial charge in [-0.3, -0.25) is 9.97 Å². The molecule has 0 spiro atoms. The van der Waals surface area contributed by atoms with Crippen LogP contribution < -0.4 is 10.2 Å². The zero-order chi connectivity index (χ0) is 26.8. The van der Waals surface area contributed by atoms with Gasteiger partial charge < -0.3 is 15.2 Å². The summed E-state index contributed by atoms with van der Waals surface area (Å²) in [5.41, 5.74) is 4.22. The molecule has 1 aliphatic heterocycles. The van der Waals surface area contributed by atoms with Crippen molar-refractivity contribution in [2.45, 2.75) is 64.8 Å². The number of halogens is 1. The zero-order valence-electron chi connectivity index (χ0n) is 22.5. The summed E-state index contributed by atoms with van der Waals surface area (Å²) in [4.78, 5) is 19.2. The number of aromatic amines is 1. The quantitative estimate of drug-likeness (QED) is 0.316. The van der Waals surface area contributed by atoms with E-state index in [-0.39, 0.29) is 10.8 Å². The molecule has 8 rings (SSSR count). The number of hydrogen-bond donors (Lipinski definition) is 2. The van der Waals surface area contributed by atoms with Gasteiger partial charge in [0.25, 0.3) is 0 Å². The Hall–Kier alpha value is -3.85. The van der Waals surface area contributed by atoms with E-state index in [1.165, 1.54) is 0 Å². The number of nitrogens with one attached hydrogen (secondary N) is 2. The van der Waals surface area contributed by atoms with Crippen molar-refractivity contribution in [1.29, 1.82) is 0 Å². The average Bonchev–Trinajstić information content (AvgIpc) is 3.51. The van der Waals surface area contributed by atoms with Crippen LogP contribution in [0.4, 0.5) is 10.1 Å². The van der Waals surface area contributed by atoms with Gasteiger partial charge in [0.15, 0.2) is 5.82 Å². The third kappa shape index (κ3) is 4.44. The molecule has 200 valence electrons. The van der Waals surface area contributed by atoms with Crippen molar-refractivity contribution >= 4 is 16.6 Å². The molecule has 4 aromatic heterocycles. The summed E-state index contributed by atoms with van der Waals surface area (Å²) in [6.07, 6.45) is 17.9. The Morgan fingerprint density at radius 1 is 1.05 bits per heavy atom. The molecule has 8 nitrogen and oxygen atoms in total. The van der Waals surface area contributed by atoms with E-state index in [0.717, 1.165) is 40.1 Å². The lowest BCUT2D eigenvalue weighted by molar-refractivity contribution is -0.226. The second kappa shape index (κ2) is 8.58. The minimum atomic E-state index is -0.856. The molecule has 1 unspecified atom stereocenters. The summed E-state index contributed by atoms with van der Waals surface area (Å²) in [6.45, 7) is 7.77. The fourth-order valence-corrected chi connectivity index (χ4v) is 6.17. The van der Waals surface area contributed by atoms with Gasteiger partial charge in [-0.2, -0.15) is 5.10 Å². The first kappa shape index (κ1) is 24.2. The summed E-state index contributed by atoms with van der Waals surface area (Å²) in [5.74, 6) is 0.625. The summed E-state index contributed by atoms with van der Waals surface area (Å²) in [7, 11) is 0. The molecule has 4 aliphatic rings. The molecule has 0 amide bonds. The van der Waals surface area contributed by atoms with E-state index in [1.54, 1.807) is 17.2 Å². The Bertz CT molecular complexity index is 1580. The first-order valence-electron chi connectivity index (χ1n) is 13.6. The minimum Gasteiger partial charge on any atom is -0.357 e. The van der Waals surface area contributed by atoms with E-state index >= 15 is 0 Å². The molecule has 0 radical (unpaired) electrons. The van der Waals surface area contributed by atoms with E-state index in [9.17, 15) is 4.39 Å². The number of H-pyrrole nitrogens is 1. The summed E-state index contributed by atoms with van der Waals surface area (Å²) in [6, 6.07) is 6.55. The van der Waals surface area contributed by atoms with Crippen LogP contribution in [-0.2, 0) is 13.1 Å². The molecule has 0 aromatic carbocycles. The summed E-state index contributed by atoms with van der Waals surface area (Å²) in [5, 5.41) is 9.36. The first-order chi connectivity index (χ1) is 18.7. The predicted molar refractivity (Wildman–Crippen MR) is 149 cm³/mol. The van der Waals surface area contributed by atoms with Gasteiger partial charge in [0.05, 0.1) is 24.1 Å².